The Morgan fingerprint density at radius 1 is 1.70 bits per heavy atom. The van der Waals surface area contributed by atoms with Crippen LogP contribution < -0.4 is 5.73 Å². The molecule has 0 aromatic heterocycles. The monoisotopic (exact) mass is 154 g/mol. The molecule has 0 aromatic rings. The van der Waals surface area contributed by atoms with E-state index in [4.69, 9.17) is 5.73 Å². The third kappa shape index (κ3) is 1.92. The summed E-state index contributed by atoms with van der Waals surface area (Å²) in [5.74, 6) is 0.595. The molecule has 3 heteroatoms. The van der Waals surface area contributed by atoms with Crippen LogP contribution in [0.2, 0.25) is 0 Å². The van der Waals surface area contributed by atoms with E-state index in [0.717, 1.165) is 12.1 Å². The summed E-state index contributed by atoms with van der Waals surface area (Å²) in [7, 11) is 0. The van der Waals surface area contributed by atoms with Gasteiger partial charge in [-0.2, -0.15) is 0 Å². The molecule has 0 fully saturated rings. The zero-order valence-electron chi connectivity index (χ0n) is 5.87. The van der Waals surface area contributed by atoms with E-state index in [0.29, 0.717) is 5.84 Å². The van der Waals surface area contributed by atoms with E-state index >= 15 is 0 Å². The Hall–Kier alpha value is -0.700. The van der Waals surface area contributed by atoms with Crippen LogP contribution in [0.5, 0.6) is 0 Å². The van der Waals surface area contributed by atoms with E-state index < -0.39 is 0 Å². The Labute approximate surface area is 64.9 Å². The molecule has 1 rings (SSSR count). The Kier molecular flexibility index (Phi) is 2.57. The quantitative estimate of drug-likeness (QED) is 0.626. The van der Waals surface area contributed by atoms with Crippen LogP contribution in [-0.2, 0) is 0 Å². The summed E-state index contributed by atoms with van der Waals surface area (Å²) in [6.45, 7) is 2.06. The molecule has 2 N–H and O–H groups in total. The molecule has 0 radical (unpaired) electrons. The number of thioether (sulfide) groups is 1. The number of allylic oxidation sites excluding steroid dienone is 1. The molecule has 2 nitrogen and oxygen atoms in total. The van der Waals surface area contributed by atoms with E-state index in [2.05, 4.69) is 11.9 Å². The first-order valence-corrected chi connectivity index (χ1v) is 4.12. The summed E-state index contributed by atoms with van der Waals surface area (Å²) in [6, 6.07) is 0. The summed E-state index contributed by atoms with van der Waals surface area (Å²) >= 11 is 1.61. The van der Waals surface area contributed by atoms with Gasteiger partial charge in [0, 0.05) is 5.70 Å². The lowest BCUT2D eigenvalue weighted by molar-refractivity contribution is 1.07. The zero-order chi connectivity index (χ0) is 7.40. The van der Waals surface area contributed by atoms with Crippen LogP contribution in [0, 0.1) is 0 Å². The van der Waals surface area contributed by atoms with Gasteiger partial charge >= 0.3 is 0 Å². The second-order valence-corrected chi connectivity index (χ2v) is 2.72. The van der Waals surface area contributed by atoms with E-state index in [1.54, 1.807) is 11.8 Å². The smallest absolute Gasteiger partial charge is 0.124 e. The highest BCUT2D eigenvalue weighted by Crippen LogP contribution is 2.15. The summed E-state index contributed by atoms with van der Waals surface area (Å²) in [4.78, 5) is 4.14. The molecule has 1 aliphatic rings. The van der Waals surface area contributed by atoms with Crippen molar-refractivity contribution < 1.29 is 0 Å². The third-order valence-electron chi connectivity index (χ3n) is 1.16. The molecule has 0 spiro atoms. The highest BCUT2D eigenvalue weighted by atomic mass is 32.2. The van der Waals surface area contributed by atoms with Crippen LogP contribution in [0.4, 0.5) is 0 Å². The summed E-state index contributed by atoms with van der Waals surface area (Å²) in [5.41, 5.74) is 6.56. The number of hydrogen-bond donors (Lipinski definition) is 1. The van der Waals surface area contributed by atoms with Gasteiger partial charge in [-0.25, -0.2) is 4.99 Å². The van der Waals surface area contributed by atoms with Crippen molar-refractivity contribution >= 4 is 17.6 Å². The molecule has 0 unspecified atom stereocenters. The fraction of sp³-hybridized carbons (Fsp3) is 0.286. The van der Waals surface area contributed by atoms with Crippen molar-refractivity contribution in [3.05, 3.63) is 22.6 Å². The maximum atomic E-state index is 5.51. The molecule has 0 amide bonds. The zero-order valence-corrected chi connectivity index (χ0v) is 6.69. The second-order valence-electron chi connectivity index (χ2n) is 1.94. The molecule has 0 aromatic carbocycles. The number of aliphatic imine (C=N–C) groups is 1. The van der Waals surface area contributed by atoms with Crippen molar-refractivity contribution in [2.24, 2.45) is 10.7 Å². The Balaban J connectivity index is 2.77. The Bertz CT molecular complexity index is 204. The highest BCUT2D eigenvalue weighted by molar-refractivity contribution is 8.04. The van der Waals surface area contributed by atoms with Crippen molar-refractivity contribution in [1.29, 1.82) is 0 Å². The molecular formula is C7H10N2S. The van der Waals surface area contributed by atoms with Gasteiger partial charge in [0.1, 0.15) is 5.84 Å². The summed E-state index contributed by atoms with van der Waals surface area (Å²) in [5, 5.41) is 3.94. The van der Waals surface area contributed by atoms with Crippen LogP contribution in [0.25, 0.3) is 0 Å². The van der Waals surface area contributed by atoms with Gasteiger partial charge in [0.25, 0.3) is 0 Å². The van der Waals surface area contributed by atoms with Gasteiger partial charge in [0.15, 0.2) is 0 Å². The maximum Gasteiger partial charge on any atom is 0.124 e. The molecule has 0 aliphatic carbocycles. The Morgan fingerprint density at radius 2 is 2.50 bits per heavy atom. The van der Waals surface area contributed by atoms with E-state index in [9.17, 15) is 0 Å². The minimum absolute atomic E-state index is 0.595. The summed E-state index contributed by atoms with van der Waals surface area (Å²) < 4.78 is 0. The minimum atomic E-state index is 0.595. The Morgan fingerprint density at radius 3 is 3.20 bits per heavy atom. The standard InChI is InChI=1S/C7H10N2S/c1-2-6-5-10-4-3-7(8)9-6/h3-5H,2H2,1H3,(H2,8,9). The van der Waals surface area contributed by atoms with E-state index in [1.165, 1.54) is 0 Å². The lowest BCUT2D eigenvalue weighted by Gasteiger charge is -1.93. The summed E-state index contributed by atoms with van der Waals surface area (Å²) in [6.07, 6.45) is 2.75. The fourth-order valence-electron chi connectivity index (χ4n) is 0.619. The van der Waals surface area contributed by atoms with Crippen molar-refractivity contribution in [2.75, 3.05) is 0 Å². The van der Waals surface area contributed by atoms with E-state index in [1.807, 2.05) is 16.9 Å². The number of rotatable bonds is 1. The molecule has 1 heterocycles. The van der Waals surface area contributed by atoms with Crippen LogP contribution in [0.15, 0.2) is 27.6 Å². The number of nitrogens with zero attached hydrogens (tertiary/aromatic N) is 1. The van der Waals surface area contributed by atoms with Crippen molar-refractivity contribution in [2.45, 2.75) is 13.3 Å². The predicted octanol–water partition coefficient (Wildman–Crippen LogP) is 1.86. The second kappa shape index (κ2) is 3.46. The molecule has 0 saturated carbocycles. The molecule has 1 aliphatic heterocycles. The average molecular weight is 154 g/mol. The average Bonchev–Trinajstić information content (AvgIpc) is 2.13. The lowest BCUT2D eigenvalue weighted by Crippen LogP contribution is -2.06. The third-order valence-corrected chi connectivity index (χ3v) is 1.86. The minimum Gasteiger partial charge on any atom is -0.384 e. The van der Waals surface area contributed by atoms with Crippen LogP contribution >= 0.6 is 11.8 Å². The first-order valence-electron chi connectivity index (χ1n) is 3.18. The number of hydrogen-bond acceptors (Lipinski definition) is 3. The topological polar surface area (TPSA) is 38.4 Å². The van der Waals surface area contributed by atoms with Crippen LogP contribution in [-0.4, -0.2) is 5.84 Å². The lowest BCUT2D eigenvalue weighted by atomic mass is 10.4. The molecule has 0 atom stereocenters. The number of nitrogens with two attached hydrogens (primary N) is 1. The molecule has 10 heavy (non-hydrogen) atoms. The molecular weight excluding hydrogens is 144 g/mol. The largest absolute Gasteiger partial charge is 0.384 e. The van der Waals surface area contributed by atoms with Gasteiger partial charge < -0.3 is 5.73 Å². The maximum absolute atomic E-state index is 5.51. The van der Waals surface area contributed by atoms with Crippen molar-refractivity contribution in [3.8, 4) is 0 Å². The van der Waals surface area contributed by atoms with Gasteiger partial charge in [0.05, 0.1) is 0 Å². The van der Waals surface area contributed by atoms with Gasteiger partial charge in [-0.15, -0.1) is 11.8 Å². The predicted molar refractivity (Wildman–Crippen MR) is 46.7 cm³/mol. The van der Waals surface area contributed by atoms with Gasteiger partial charge in [0.2, 0.25) is 0 Å². The highest BCUT2D eigenvalue weighted by Gasteiger charge is 1.94. The molecule has 54 valence electrons. The van der Waals surface area contributed by atoms with Gasteiger partial charge in [-0.3, -0.25) is 0 Å². The van der Waals surface area contributed by atoms with Crippen molar-refractivity contribution in [3.63, 3.8) is 0 Å². The molecule has 0 bridgehead atoms. The van der Waals surface area contributed by atoms with Crippen LogP contribution in [0.1, 0.15) is 13.3 Å². The number of amidine groups is 1. The van der Waals surface area contributed by atoms with Gasteiger partial charge in [-0.1, -0.05) is 6.92 Å². The SMILES string of the molecule is CCC1=CSC=CC(N)=N1. The first-order chi connectivity index (χ1) is 4.83. The van der Waals surface area contributed by atoms with E-state index in [-0.39, 0.29) is 0 Å². The fourth-order valence-corrected chi connectivity index (χ4v) is 1.29. The van der Waals surface area contributed by atoms with Gasteiger partial charge in [-0.05, 0) is 23.3 Å². The van der Waals surface area contributed by atoms with Crippen molar-refractivity contribution in [1.82, 2.24) is 0 Å². The van der Waals surface area contributed by atoms with Crippen LogP contribution in [0.3, 0.4) is 0 Å². The molecule has 0 saturated heterocycles. The first kappa shape index (κ1) is 7.41. The normalized spacial score (nSPS) is 17.7.